The van der Waals surface area contributed by atoms with Gasteiger partial charge in [0.15, 0.2) is 5.78 Å². The molecule has 0 aromatic heterocycles. The molecule has 0 saturated heterocycles. The summed E-state index contributed by atoms with van der Waals surface area (Å²) < 4.78 is 25.0. The number of ketones is 1. The molecule has 6 nitrogen and oxygen atoms in total. The summed E-state index contributed by atoms with van der Waals surface area (Å²) in [5, 5.41) is 8.37. The number of carbonyl (C=O) groups is 2. The maximum Gasteiger partial charge on any atom is 0.328 e. The van der Waals surface area contributed by atoms with Gasteiger partial charge in [0, 0.05) is 11.6 Å². The molecule has 1 aromatic rings. The molecule has 2 N–H and O–H groups in total. The largest absolute Gasteiger partial charge is 0.478 e. The molecule has 1 rings (SSSR count). The monoisotopic (exact) mass is 269 g/mol. The van der Waals surface area contributed by atoms with Crippen molar-refractivity contribution in [1.82, 2.24) is 4.72 Å². The first-order valence-electron chi connectivity index (χ1n) is 4.86. The molecule has 0 bridgehead atoms. The van der Waals surface area contributed by atoms with Crippen LogP contribution in [0.4, 0.5) is 0 Å². The standard InChI is InChI=1S/C11H11NO5S/c1-12-18(16,17)9-4-2-8(3-5-9)10(13)6-7-11(14)15/h2-7,12H,1H3,(H,14,15)/b7-6+. The zero-order valence-electron chi connectivity index (χ0n) is 9.45. The van der Waals surface area contributed by atoms with Crippen molar-refractivity contribution in [1.29, 1.82) is 0 Å². The number of carbonyl (C=O) groups excluding carboxylic acids is 1. The fourth-order valence-electron chi connectivity index (χ4n) is 1.16. The van der Waals surface area contributed by atoms with Crippen LogP contribution in [0.25, 0.3) is 0 Å². The number of hydrogen-bond acceptors (Lipinski definition) is 4. The summed E-state index contributed by atoms with van der Waals surface area (Å²) in [4.78, 5) is 21.7. The number of carboxylic acids is 1. The molecule has 0 spiro atoms. The lowest BCUT2D eigenvalue weighted by molar-refractivity contribution is -0.131. The van der Waals surface area contributed by atoms with E-state index in [1.54, 1.807) is 0 Å². The van der Waals surface area contributed by atoms with Crippen LogP contribution in [0, 0.1) is 0 Å². The van der Waals surface area contributed by atoms with E-state index in [2.05, 4.69) is 4.72 Å². The van der Waals surface area contributed by atoms with Crippen LogP contribution in [0.5, 0.6) is 0 Å². The summed E-state index contributed by atoms with van der Waals surface area (Å²) >= 11 is 0. The summed E-state index contributed by atoms with van der Waals surface area (Å²) in [5.74, 6) is -1.73. The van der Waals surface area contributed by atoms with Crippen molar-refractivity contribution in [3.05, 3.63) is 42.0 Å². The molecule has 96 valence electrons. The highest BCUT2D eigenvalue weighted by molar-refractivity contribution is 7.89. The molecular formula is C11H11NO5S. The zero-order valence-corrected chi connectivity index (χ0v) is 10.3. The van der Waals surface area contributed by atoms with Gasteiger partial charge in [-0.15, -0.1) is 0 Å². The van der Waals surface area contributed by atoms with E-state index in [0.29, 0.717) is 0 Å². The van der Waals surface area contributed by atoms with Gasteiger partial charge in [0.05, 0.1) is 4.90 Å². The van der Waals surface area contributed by atoms with E-state index in [9.17, 15) is 18.0 Å². The van der Waals surface area contributed by atoms with Crippen LogP contribution in [0.15, 0.2) is 41.3 Å². The Morgan fingerprint density at radius 3 is 2.17 bits per heavy atom. The van der Waals surface area contributed by atoms with E-state index in [1.165, 1.54) is 31.3 Å². The highest BCUT2D eigenvalue weighted by Gasteiger charge is 2.11. The predicted octanol–water partition coefficient (Wildman–Crippen LogP) is 0.418. The highest BCUT2D eigenvalue weighted by Crippen LogP contribution is 2.10. The molecule has 18 heavy (non-hydrogen) atoms. The Bertz CT molecular complexity index is 586. The van der Waals surface area contributed by atoms with Crippen molar-refractivity contribution in [3.8, 4) is 0 Å². The van der Waals surface area contributed by atoms with Crippen molar-refractivity contribution in [2.45, 2.75) is 4.90 Å². The fourth-order valence-corrected chi connectivity index (χ4v) is 1.89. The van der Waals surface area contributed by atoms with Crippen molar-refractivity contribution in [2.75, 3.05) is 7.05 Å². The maximum absolute atomic E-state index is 11.5. The fraction of sp³-hybridized carbons (Fsp3) is 0.0909. The van der Waals surface area contributed by atoms with E-state index >= 15 is 0 Å². The minimum Gasteiger partial charge on any atom is -0.478 e. The number of benzene rings is 1. The first-order chi connectivity index (χ1) is 8.36. The maximum atomic E-state index is 11.5. The quantitative estimate of drug-likeness (QED) is 0.596. The Balaban J connectivity index is 2.97. The summed E-state index contributed by atoms with van der Waals surface area (Å²) in [7, 11) is -2.26. The summed E-state index contributed by atoms with van der Waals surface area (Å²) in [6.45, 7) is 0. The normalized spacial score (nSPS) is 11.6. The smallest absolute Gasteiger partial charge is 0.328 e. The van der Waals surface area contributed by atoms with Gasteiger partial charge in [0.1, 0.15) is 0 Å². The molecule has 0 saturated carbocycles. The number of carboxylic acid groups (broad SMARTS) is 1. The van der Waals surface area contributed by atoms with E-state index in [1.807, 2.05) is 0 Å². The van der Waals surface area contributed by atoms with Gasteiger partial charge >= 0.3 is 5.97 Å². The number of sulfonamides is 1. The lowest BCUT2D eigenvalue weighted by atomic mass is 10.1. The zero-order chi connectivity index (χ0) is 13.8. The third-order valence-electron chi connectivity index (χ3n) is 2.10. The Hall–Kier alpha value is -1.99. The Kier molecular flexibility index (Phi) is 4.35. The van der Waals surface area contributed by atoms with E-state index in [4.69, 9.17) is 5.11 Å². The van der Waals surface area contributed by atoms with Gasteiger partial charge in [0.2, 0.25) is 10.0 Å². The average Bonchev–Trinajstić information content (AvgIpc) is 2.36. The first kappa shape index (κ1) is 14.1. The predicted molar refractivity (Wildman–Crippen MR) is 63.8 cm³/mol. The van der Waals surface area contributed by atoms with Gasteiger partial charge in [-0.2, -0.15) is 0 Å². The van der Waals surface area contributed by atoms with Gasteiger partial charge in [-0.3, -0.25) is 4.79 Å². The Labute approximate surface area is 104 Å². The second kappa shape index (κ2) is 5.56. The van der Waals surface area contributed by atoms with Crippen molar-refractivity contribution in [2.24, 2.45) is 0 Å². The van der Waals surface area contributed by atoms with Crippen molar-refractivity contribution < 1.29 is 23.1 Å². The Morgan fingerprint density at radius 2 is 1.72 bits per heavy atom. The van der Waals surface area contributed by atoms with Crippen LogP contribution in [0.2, 0.25) is 0 Å². The van der Waals surface area contributed by atoms with Crippen LogP contribution in [-0.4, -0.2) is 32.3 Å². The third kappa shape index (κ3) is 3.51. The molecule has 0 amide bonds. The van der Waals surface area contributed by atoms with Gasteiger partial charge in [-0.05, 0) is 37.4 Å². The van der Waals surface area contributed by atoms with E-state index in [0.717, 1.165) is 12.2 Å². The van der Waals surface area contributed by atoms with Crippen LogP contribution in [-0.2, 0) is 14.8 Å². The van der Waals surface area contributed by atoms with Crippen LogP contribution in [0.1, 0.15) is 10.4 Å². The molecule has 0 heterocycles. The van der Waals surface area contributed by atoms with Crippen LogP contribution >= 0.6 is 0 Å². The summed E-state index contributed by atoms with van der Waals surface area (Å²) in [6.07, 6.45) is 1.63. The topological polar surface area (TPSA) is 101 Å². The Morgan fingerprint density at radius 1 is 1.17 bits per heavy atom. The summed E-state index contributed by atoms with van der Waals surface area (Å²) in [5.41, 5.74) is 0.211. The molecule has 7 heteroatoms. The van der Waals surface area contributed by atoms with Crippen LogP contribution in [0.3, 0.4) is 0 Å². The second-order valence-electron chi connectivity index (χ2n) is 3.27. The molecule has 1 aromatic carbocycles. The molecule has 0 aliphatic carbocycles. The average molecular weight is 269 g/mol. The first-order valence-corrected chi connectivity index (χ1v) is 6.34. The van der Waals surface area contributed by atoms with Gasteiger partial charge < -0.3 is 5.11 Å². The molecule has 0 aliphatic rings. The second-order valence-corrected chi connectivity index (χ2v) is 5.15. The number of rotatable bonds is 5. The number of allylic oxidation sites excluding steroid dienone is 1. The highest BCUT2D eigenvalue weighted by atomic mass is 32.2. The molecule has 0 unspecified atom stereocenters. The van der Waals surface area contributed by atoms with Crippen LogP contribution < -0.4 is 4.72 Å². The molecular weight excluding hydrogens is 258 g/mol. The lowest BCUT2D eigenvalue weighted by Crippen LogP contribution is -2.18. The third-order valence-corrected chi connectivity index (χ3v) is 3.53. The minimum absolute atomic E-state index is 0.0313. The van der Waals surface area contributed by atoms with Crippen molar-refractivity contribution >= 4 is 21.8 Å². The number of hydrogen-bond donors (Lipinski definition) is 2. The van der Waals surface area contributed by atoms with Gasteiger partial charge in [0.25, 0.3) is 0 Å². The molecule has 0 atom stereocenters. The molecule has 0 fully saturated rings. The van der Waals surface area contributed by atoms with Crippen molar-refractivity contribution in [3.63, 3.8) is 0 Å². The molecule has 0 radical (unpaired) electrons. The van der Waals surface area contributed by atoms with E-state index in [-0.39, 0.29) is 10.5 Å². The van der Waals surface area contributed by atoms with E-state index < -0.39 is 21.8 Å². The summed E-state index contributed by atoms with van der Waals surface area (Å²) in [6, 6.07) is 5.18. The number of nitrogens with one attached hydrogen (secondary N) is 1. The minimum atomic E-state index is -3.54. The molecule has 0 aliphatic heterocycles. The van der Waals surface area contributed by atoms with Gasteiger partial charge in [-0.25, -0.2) is 17.9 Å². The number of aliphatic carboxylic acids is 1. The SMILES string of the molecule is CNS(=O)(=O)c1ccc(C(=O)/C=C/C(=O)O)cc1. The van der Waals surface area contributed by atoms with Gasteiger partial charge in [-0.1, -0.05) is 0 Å². The lowest BCUT2D eigenvalue weighted by Gasteiger charge is -2.02.